The van der Waals surface area contributed by atoms with E-state index in [-0.39, 0.29) is 83.0 Å². The molecule has 0 aromatic rings. The van der Waals surface area contributed by atoms with Crippen LogP contribution in [0.2, 0.25) is 0 Å². The topological polar surface area (TPSA) is 17.1 Å². The molecule has 1 nitrogen and oxygen atoms in total. The minimum absolute atomic E-state index is 0. The Morgan fingerprint density at radius 3 is 1.20 bits per heavy atom. The fraction of sp³-hybridized carbons (Fsp3) is 0. The molecule has 0 heterocycles. The van der Waals surface area contributed by atoms with Crippen molar-refractivity contribution >= 4 is 36.2 Å². The monoisotopic (exact) mass is 342 g/mol. The van der Waals surface area contributed by atoms with E-state index in [0.717, 1.165) is 0 Å². The Labute approximate surface area is 85.4 Å². The van der Waals surface area contributed by atoms with E-state index in [1.54, 1.807) is 0 Å². The van der Waals surface area contributed by atoms with E-state index in [1.165, 1.54) is 0 Å². The molecule has 0 bridgehead atoms. The molecule has 0 aromatic carbocycles. The molecule has 0 fully saturated rings. The zero-order chi connectivity index (χ0) is 2.00. The van der Waals surface area contributed by atoms with Crippen LogP contribution in [0.5, 0.6) is 0 Å². The second kappa shape index (κ2) is 31.2. The first kappa shape index (κ1) is 25.8. The molecule has 5 heteroatoms. The predicted molar refractivity (Wildman–Crippen MR) is 19.2 cm³/mol. The fourth-order valence-electron chi connectivity index (χ4n) is 0. The molecule has 0 atom stereocenters. The zero-order valence-corrected chi connectivity index (χ0v) is 12.5. The van der Waals surface area contributed by atoms with Crippen molar-refractivity contribution in [3.63, 3.8) is 0 Å². The van der Waals surface area contributed by atoms with Crippen molar-refractivity contribution < 1.29 is 50.6 Å². The molecule has 5 heavy (non-hydrogen) atoms. The van der Waals surface area contributed by atoms with E-state index >= 15 is 0 Å². The number of hydrogen-bond donors (Lipinski definition) is 0. The average molecular weight is 341 g/mol. The molecule has 0 aliphatic heterocycles. The number of rotatable bonds is 0. The molecule has 0 saturated heterocycles. The summed E-state index contributed by atoms with van der Waals surface area (Å²) in [5, 5.41) is 0. The summed E-state index contributed by atoms with van der Waals surface area (Å²) in [6, 6.07) is 0. The van der Waals surface area contributed by atoms with Gasteiger partial charge in [-0.2, -0.15) is 0 Å². The molecular formula is H5CdGaGeOZn. The Morgan fingerprint density at radius 1 is 1.20 bits per heavy atom. The average Bonchev–Trinajstić information content (AvgIpc) is 1.00. The Kier molecular flexibility index (Phi) is 161. The molecule has 0 aliphatic rings. The van der Waals surface area contributed by atoms with Gasteiger partial charge < -0.3 is 0 Å². The van der Waals surface area contributed by atoms with Crippen LogP contribution >= 0.6 is 0 Å². The van der Waals surface area contributed by atoms with Gasteiger partial charge in [-0.25, -0.2) is 0 Å². The SMILES string of the molecule is [Cd].[GaH3].[O]=[GeH2].[Zn]. The minimum atomic E-state index is 0. The van der Waals surface area contributed by atoms with Crippen molar-refractivity contribution in [3.8, 4) is 0 Å². The third kappa shape index (κ3) is 21.0. The Balaban J connectivity index is -0.00000000167. The van der Waals surface area contributed by atoms with E-state index in [4.69, 9.17) is 3.78 Å². The largest absolute Gasteiger partial charge is 0 e. The van der Waals surface area contributed by atoms with Crippen LogP contribution in [0.3, 0.4) is 0 Å². The van der Waals surface area contributed by atoms with Crippen molar-refractivity contribution in [1.82, 2.24) is 0 Å². The van der Waals surface area contributed by atoms with Gasteiger partial charge in [0.15, 0.2) is 0 Å². The Hall–Kier alpha value is 2.52. The van der Waals surface area contributed by atoms with Gasteiger partial charge >= 0.3 is 40.0 Å². The summed E-state index contributed by atoms with van der Waals surface area (Å²) in [5.74, 6) is 0. The van der Waals surface area contributed by atoms with Gasteiger partial charge in [-0.05, 0) is 0 Å². The van der Waals surface area contributed by atoms with Crippen LogP contribution in [0.25, 0.3) is 0 Å². The molecule has 22 valence electrons. The van der Waals surface area contributed by atoms with Gasteiger partial charge in [-0.3, -0.25) is 0 Å². The van der Waals surface area contributed by atoms with Gasteiger partial charge in [-0.15, -0.1) is 0 Å². The molecule has 0 aliphatic carbocycles. The second-order valence-corrected chi connectivity index (χ2v) is 0. The molecule has 0 saturated carbocycles. The van der Waals surface area contributed by atoms with E-state index < -0.39 is 0 Å². The quantitative estimate of drug-likeness (QED) is 0.456. The third-order valence-corrected chi connectivity index (χ3v) is 0. The minimum Gasteiger partial charge on any atom is 0 e. The van der Waals surface area contributed by atoms with Crippen LogP contribution in [0, 0.1) is 0 Å². The summed E-state index contributed by atoms with van der Waals surface area (Å²) < 4.78 is 8.38. The van der Waals surface area contributed by atoms with Crippen molar-refractivity contribution in [2.24, 2.45) is 0 Å². The molecule has 0 unspecified atom stereocenters. The molecule has 0 radical (unpaired) electrons. The van der Waals surface area contributed by atoms with E-state index in [1.807, 2.05) is 0 Å². The van der Waals surface area contributed by atoms with Crippen LogP contribution in [0.4, 0.5) is 0 Å². The van der Waals surface area contributed by atoms with E-state index in [2.05, 4.69) is 0 Å². The van der Waals surface area contributed by atoms with Gasteiger partial charge in [0.2, 0.25) is 0 Å². The van der Waals surface area contributed by atoms with Crippen LogP contribution in [-0.4, -0.2) is 36.2 Å². The third-order valence-electron chi connectivity index (χ3n) is 0. The number of hydrogen-bond acceptors (Lipinski definition) is 1. The normalized spacial score (nSPS) is 0.800. The zero-order valence-electron chi connectivity index (χ0n) is 2.53. The van der Waals surface area contributed by atoms with Crippen LogP contribution < -0.4 is 0 Å². The van der Waals surface area contributed by atoms with Crippen molar-refractivity contribution in [1.29, 1.82) is 0 Å². The van der Waals surface area contributed by atoms with E-state index in [9.17, 15) is 0 Å². The second-order valence-electron chi connectivity index (χ2n) is 0. The van der Waals surface area contributed by atoms with Crippen molar-refractivity contribution in [3.05, 3.63) is 0 Å². The molecule has 0 aromatic heterocycles. The van der Waals surface area contributed by atoms with Gasteiger partial charge in [0.05, 0.1) is 0 Å². The predicted octanol–water partition coefficient (Wildman–Crippen LogP) is -2.22. The summed E-state index contributed by atoms with van der Waals surface area (Å²) in [5.41, 5.74) is 0. The van der Waals surface area contributed by atoms with Crippen LogP contribution in [0.15, 0.2) is 0 Å². The Bertz CT molecular complexity index is 11.6. The maximum atomic E-state index is 8.38. The standard InChI is InChI=1S/Cd.Ga.GeH2O.Zn.3H/c;;1-2;;;;/h;;1H2;;;;. The van der Waals surface area contributed by atoms with Gasteiger partial charge in [0, 0.05) is 46.8 Å². The molecular weight excluding hydrogens is 336 g/mol. The van der Waals surface area contributed by atoms with Gasteiger partial charge in [-0.1, -0.05) is 0 Å². The first-order valence-corrected chi connectivity index (χ1v) is 1.50. The molecule has 0 amide bonds. The van der Waals surface area contributed by atoms with Gasteiger partial charge in [0.1, 0.15) is 0 Å². The summed E-state index contributed by atoms with van der Waals surface area (Å²) in [7, 11) is 0. The Morgan fingerprint density at radius 2 is 1.20 bits per heavy atom. The summed E-state index contributed by atoms with van der Waals surface area (Å²) in [6.07, 6.45) is 0. The fourth-order valence-corrected chi connectivity index (χ4v) is 0. The van der Waals surface area contributed by atoms with Crippen molar-refractivity contribution in [2.45, 2.75) is 0 Å². The summed E-state index contributed by atoms with van der Waals surface area (Å²) in [6.45, 7) is 0. The molecule has 0 N–H and O–H groups in total. The maximum Gasteiger partial charge on any atom is 0 e. The first-order valence-electron chi connectivity index (χ1n) is 0.289. The molecule has 0 spiro atoms. The van der Waals surface area contributed by atoms with Crippen molar-refractivity contribution in [2.75, 3.05) is 0 Å². The smallest absolute Gasteiger partial charge is 0 e. The maximum absolute atomic E-state index is 8.38. The summed E-state index contributed by atoms with van der Waals surface area (Å²) in [4.78, 5) is 0. The molecule has 0 rings (SSSR count). The van der Waals surface area contributed by atoms with E-state index in [0.29, 0.717) is 0 Å². The summed E-state index contributed by atoms with van der Waals surface area (Å²) >= 11 is 0.125. The van der Waals surface area contributed by atoms with Gasteiger partial charge in [0.25, 0.3) is 0 Å². The van der Waals surface area contributed by atoms with Crippen LogP contribution in [0.1, 0.15) is 0 Å². The first-order chi connectivity index (χ1) is 1.00. The van der Waals surface area contributed by atoms with Crippen LogP contribution in [-0.2, 0) is 50.6 Å².